The Morgan fingerprint density at radius 1 is 1.44 bits per heavy atom. The minimum atomic E-state index is -0.697. The number of hydrogen-bond donors (Lipinski definition) is 3. The predicted molar refractivity (Wildman–Crippen MR) is 69.8 cm³/mol. The number of ether oxygens (including phenoxy) is 1. The van der Waals surface area contributed by atoms with Crippen LogP contribution in [0.4, 0.5) is 0 Å². The van der Waals surface area contributed by atoms with Crippen LogP contribution < -0.4 is 10.1 Å². The summed E-state index contributed by atoms with van der Waals surface area (Å²) in [5, 5.41) is 21.5. The molecule has 0 saturated heterocycles. The van der Waals surface area contributed by atoms with Gasteiger partial charge in [0.1, 0.15) is 5.75 Å². The number of aliphatic hydroxyl groups excluding tert-OH is 2. The summed E-state index contributed by atoms with van der Waals surface area (Å²) in [6.07, 6.45) is 1.22. The fourth-order valence-corrected chi connectivity index (χ4v) is 2.26. The Morgan fingerprint density at radius 2 is 2.28 bits per heavy atom. The molecule has 0 fully saturated rings. The van der Waals surface area contributed by atoms with Gasteiger partial charge in [0, 0.05) is 19.0 Å². The Bertz CT molecular complexity index is 395. The molecule has 100 valence electrons. The molecule has 0 radical (unpaired) electrons. The second-order valence-corrected chi connectivity index (χ2v) is 4.67. The van der Waals surface area contributed by atoms with Gasteiger partial charge in [0.15, 0.2) is 0 Å². The van der Waals surface area contributed by atoms with Gasteiger partial charge in [-0.2, -0.15) is 0 Å². The molecule has 0 spiro atoms. The summed E-state index contributed by atoms with van der Waals surface area (Å²) in [7, 11) is 0. The first kappa shape index (κ1) is 13.3. The van der Waals surface area contributed by atoms with E-state index in [-0.39, 0.29) is 12.6 Å². The smallest absolute Gasteiger partial charge is 0.122 e. The number of aliphatic hydroxyl groups is 2. The minimum Gasteiger partial charge on any atom is -0.493 e. The Labute approximate surface area is 108 Å². The molecular formula is C14H21NO3. The highest BCUT2D eigenvalue weighted by atomic mass is 16.5. The van der Waals surface area contributed by atoms with Crippen molar-refractivity contribution in [3.63, 3.8) is 0 Å². The number of rotatable bonds is 6. The maximum Gasteiger partial charge on any atom is 0.122 e. The molecule has 4 heteroatoms. The van der Waals surface area contributed by atoms with Crippen molar-refractivity contribution in [2.75, 3.05) is 19.8 Å². The van der Waals surface area contributed by atoms with Crippen LogP contribution in [0.1, 0.15) is 30.5 Å². The maximum atomic E-state index is 9.37. The van der Waals surface area contributed by atoms with Crippen LogP contribution in [0.5, 0.6) is 5.75 Å². The lowest BCUT2D eigenvalue weighted by Gasteiger charge is -2.19. The van der Waals surface area contributed by atoms with Gasteiger partial charge in [-0.1, -0.05) is 19.1 Å². The average Bonchev–Trinajstić information content (AvgIpc) is 2.86. The molecule has 3 N–H and O–H groups in total. The molecule has 0 aromatic heterocycles. The molecule has 1 aromatic carbocycles. The zero-order valence-corrected chi connectivity index (χ0v) is 10.7. The summed E-state index contributed by atoms with van der Waals surface area (Å²) in [4.78, 5) is 0. The molecule has 0 saturated carbocycles. The number of hydrogen-bond acceptors (Lipinski definition) is 4. The van der Waals surface area contributed by atoms with E-state index in [2.05, 4.69) is 24.4 Å². The van der Waals surface area contributed by atoms with Gasteiger partial charge in [-0.05, 0) is 23.6 Å². The topological polar surface area (TPSA) is 61.7 Å². The zero-order valence-electron chi connectivity index (χ0n) is 10.7. The second kappa shape index (κ2) is 6.18. The quantitative estimate of drug-likeness (QED) is 0.706. The van der Waals surface area contributed by atoms with Gasteiger partial charge in [-0.25, -0.2) is 0 Å². The first-order valence-corrected chi connectivity index (χ1v) is 6.52. The Hall–Kier alpha value is -1.10. The lowest BCUT2D eigenvalue weighted by molar-refractivity contribution is 0.0917. The highest BCUT2D eigenvalue weighted by Crippen LogP contribution is 2.29. The van der Waals surface area contributed by atoms with Crippen LogP contribution in [-0.2, 0) is 6.42 Å². The molecule has 2 rings (SSSR count). The van der Waals surface area contributed by atoms with Gasteiger partial charge in [0.25, 0.3) is 0 Å². The van der Waals surface area contributed by atoms with E-state index in [0.717, 1.165) is 25.2 Å². The highest BCUT2D eigenvalue weighted by Gasteiger charge is 2.16. The van der Waals surface area contributed by atoms with Crippen molar-refractivity contribution in [3.8, 4) is 5.75 Å². The van der Waals surface area contributed by atoms with Crippen LogP contribution in [0.15, 0.2) is 18.2 Å². The normalized spacial score (nSPS) is 17.1. The Morgan fingerprint density at radius 3 is 3.00 bits per heavy atom. The summed E-state index contributed by atoms with van der Waals surface area (Å²) in [6.45, 7) is 3.07. The lowest BCUT2D eigenvalue weighted by atomic mass is 10.0. The minimum absolute atomic E-state index is 0.206. The lowest BCUT2D eigenvalue weighted by Crippen LogP contribution is -2.32. The van der Waals surface area contributed by atoms with Crippen LogP contribution in [-0.4, -0.2) is 36.1 Å². The molecule has 18 heavy (non-hydrogen) atoms. The molecule has 1 aliphatic rings. The van der Waals surface area contributed by atoms with Gasteiger partial charge >= 0.3 is 0 Å². The van der Waals surface area contributed by atoms with E-state index in [1.807, 2.05) is 6.07 Å². The van der Waals surface area contributed by atoms with Crippen molar-refractivity contribution >= 4 is 0 Å². The molecule has 1 aromatic rings. The Balaban J connectivity index is 2.03. The van der Waals surface area contributed by atoms with Crippen molar-refractivity contribution in [3.05, 3.63) is 29.3 Å². The molecule has 4 nitrogen and oxygen atoms in total. The standard InChI is InChI=1S/C14H21NO3/c1-2-13(15-8-12(17)9-16)10-3-4-14-11(7-10)5-6-18-14/h3-4,7,12-13,15-17H,2,5-6,8-9H2,1H3. The van der Waals surface area contributed by atoms with E-state index in [1.54, 1.807) is 0 Å². The third-order valence-corrected chi connectivity index (χ3v) is 3.33. The van der Waals surface area contributed by atoms with E-state index in [0.29, 0.717) is 6.54 Å². The number of fused-ring (bicyclic) bond motifs is 1. The van der Waals surface area contributed by atoms with Crippen molar-refractivity contribution in [2.24, 2.45) is 0 Å². The van der Waals surface area contributed by atoms with Crippen LogP contribution in [0.2, 0.25) is 0 Å². The summed E-state index contributed by atoms with van der Waals surface area (Å²) in [5.41, 5.74) is 2.47. The van der Waals surface area contributed by atoms with E-state index in [1.165, 1.54) is 11.1 Å². The fraction of sp³-hybridized carbons (Fsp3) is 0.571. The predicted octanol–water partition coefficient (Wildman–Crippen LogP) is 1.02. The number of benzene rings is 1. The summed E-state index contributed by atoms with van der Waals surface area (Å²) in [6, 6.07) is 6.47. The molecule has 0 aliphatic carbocycles. The molecule has 2 unspecified atom stereocenters. The first-order valence-electron chi connectivity index (χ1n) is 6.52. The SMILES string of the molecule is CCC(NCC(O)CO)c1ccc2c(c1)CCO2. The van der Waals surface area contributed by atoms with Crippen LogP contribution in [0.25, 0.3) is 0 Å². The summed E-state index contributed by atoms with van der Waals surface area (Å²) >= 11 is 0. The van der Waals surface area contributed by atoms with Crippen molar-refractivity contribution < 1.29 is 14.9 Å². The summed E-state index contributed by atoms with van der Waals surface area (Å²) in [5.74, 6) is 0.990. The van der Waals surface area contributed by atoms with Crippen LogP contribution in [0.3, 0.4) is 0 Å². The molecular weight excluding hydrogens is 230 g/mol. The van der Waals surface area contributed by atoms with E-state index in [9.17, 15) is 5.11 Å². The third kappa shape index (κ3) is 3.02. The third-order valence-electron chi connectivity index (χ3n) is 3.33. The van der Waals surface area contributed by atoms with E-state index in [4.69, 9.17) is 9.84 Å². The Kier molecular flexibility index (Phi) is 4.58. The maximum absolute atomic E-state index is 9.37. The second-order valence-electron chi connectivity index (χ2n) is 4.67. The van der Waals surface area contributed by atoms with Crippen molar-refractivity contribution in [1.82, 2.24) is 5.32 Å². The van der Waals surface area contributed by atoms with Gasteiger partial charge in [-0.15, -0.1) is 0 Å². The first-order chi connectivity index (χ1) is 8.74. The monoisotopic (exact) mass is 251 g/mol. The molecule has 2 atom stereocenters. The van der Waals surface area contributed by atoms with Crippen LogP contribution in [0, 0.1) is 0 Å². The molecule has 0 amide bonds. The van der Waals surface area contributed by atoms with Gasteiger partial charge in [0.2, 0.25) is 0 Å². The van der Waals surface area contributed by atoms with E-state index >= 15 is 0 Å². The molecule has 0 bridgehead atoms. The van der Waals surface area contributed by atoms with Gasteiger partial charge in [-0.3, -0.25) is 0 Å². The van der Waals surface area contributed by atoms with E-state index < -0.39 is 6.10 Å². The average molecular weight is 251 g/mol. The van der Waals surface area contributed by atoms with Crippen molar-refractivity contribution in [1.29, 1.82) is 0 Å². The molecule has 1 heterocycles. The zero-order chi connectivity index (χ0) is 13.0. The van der Waals surface area contributed by atoms with Crippen LogP contribution >= 0.6 is 0 Å². The molecule has 1 aliphatic heterocycles. The highest BCUT2D eigenvalue weighted by molar-refractivity contribution is 5.40. The summed E-state index contributed by atoms with van der Waals surface area (Å²) < 4.78 is 5.49. The number of nitrogens with one attached hydrogen (secondary N) is 1. The van der Waals surface area contributed by atoms with Crippen molar-refractivity contribution in [2.45, 2.75) is 31.9 Å². The largest absolute Gasteiger partial charge is 0.493 e. The fourth-order valence-electron chi connectivity index (χ4n) is 2.26. The van der Waals surface area contributed by atoms with Gasteiger partial charge in [0.05, 0.1) is 19.3 Å². The van der Waals surface area contributed by atoms with Gasteiger partial charge < -0.3 is 20.3 Å².